The fourth-order valence-electron chi connectivity index (χ4n) is 4.83. The van der Waals surface area contributed by atoms with Gasteiger partial charge in [-0.15, -0.1) is 0 Å². The Balaban J connectivity index is 1.32. The van der Waals surface area contributed by atoms with Gasteiger partial charge in [0.05, 0.1) is 17.2 Å². The Morgan fingerprint density at radius 2 is 2.10 bits per heavy atom. The summed E-state index contributed by atoms with van der Waals surface area (Å²) < 4.78 is 20.0. The number of benzene rings is 2. The molecule has 0 saturated carbocycles. The van der Waals surface area contributed by atoms with Gasteiger partial charge in [-0.1, -0.05) is 18.2 Å². The maximum Gasteiger partial charge on any atom is 0.231 e. The number of rotatable bonds is 3. The van der Waals surface area contributed by atoms with Crippen molar-refractivity contribution in [3.8, 4) is 11.5 Å². The molecule has 1 fully saturated rings. The number of ketones is 1. The standard InChI is InChI=1S/C25H24N2O4/c1-26-12-16(18-6-2-3-7-21(18)26)11-23-24(28)19-8-9-22-20(25(19)31-23)14-27(15-30-22)13-17-5-4-10-29-17/h2-3,6-9,11-12,17H,4-5,10,13-15H2,1H3/b23-11-. The lowest BCUT2D eigenvalue weighted by atomic mass is 10.0. The summed E-state index contributed by atoms with van der Waals surface area (Å²) in [4.78, 5) is 15.3. The van der Waals surface area contributed by atoms with Crippen molar-refractivity contribution in [2.24, 2.45) is 7.05 Å². The fraction of sp³-hybridized carbons (Fsp3) is 0.320. The SMILES string of the molecule is Cn1cc(/C=C2\Oc3c(ccc4c3CN(CC3CCCO3)CO4)C2=O)c2ccccc21. The molecule has 158 valence electrons. The van der Waals surface area contributed by atoms with Crippen molar-refractivity contribution in [1.29, 1.82) is 0 Å². The third-order valence-electron chi connectivity index (χ3n) is 6.38. The van der Waals surface area contributed by atoms with Crippen molar-refractivity contribution in [2.45, 2.75) is 25.5 Å². The first kappa shape index (κ1) is 18.7. The Bertz CT molecular complexity index is 1220. The molecule has 0 N–H and O–H groups in total. The third kappa shape index (κ3) is 3.14. The van der Waals surface area contributed by atoms with Crippen LogP contribution < -0.4 is 9.47 Å². The number of aromatic nitrogens is 1. The van der Waals surface area contributed by atoms with E-state index < -0.39 is 0 Å². The molecule has 4 heterocycles. The maximum atomic E-state index is 13.1. The molecule has 0 bridgehead atoms. The van der Waals surface area contributed by atoms with E-state index in [1.165, 1.54) is 0 Å². The minimum absolute atomic E-state index is 0.0815. The van der Waals surface area contributed by atoms with Gasteiger partial charge in [-0.25, -0.2) is 0 Å². The lowest BCUT2D eigenvalue weighted by Gasteiger charge is -2.31. The number of hydrogen-bond donors (Lipinski definition) is 0. The molecule has 6 rings (SSSR count). The summed E-state index contributed by atoms with van der Waals surface area (Å²) in [5, 5.41) is 1.10. The number of hydrogen-bond acceptors (Lipinski definition) is 5. The lowest BCUT2D eigenvalue weighted by Crippen LogP contribution is -2.37. The van der Waals surface area contributed by atoms with E-state index in [0.29, 0.717) is 30.3 Å². The van der Waals surface area contributed by atoms with E-state index in [1.807, 2.05) is 43.6 Å². The second-order valence-electron chi connectivity index (χ2n) is 8.49. The second-order valence-corrected chi connectivity index (χ2v) is 8.49. The quantitative estimate of drug-likeness (QED) is 0.601. The molecule has 1 aromatic heterocycles. The highest BCUT2D eigenvalue weighted by Crippen LogP contribution is 2.42. The van der Waals surface area contributed by atoms with Crippen LogP contribution in [0.2, 0.25) is 0 Å². The largest absolute Gasteiger partial charge is 0.478 e. The van der Waals surface area contributed by atoms with E-state index >= 15 is 0 Å². The summed E-state index contributed by atoms with van der Waals surface area (Å²) in [6.07, 6.45) is 6.34. The first-order valence-corrected chi connectivity index (χ1v) is 10.8. The molecule has 3 aliphatic heterocycles. The number of fused-ring (bicyclic) bond motifs is 4. The highest BCUT2D eigenvalue weighted by atomic mass is 16.5. The molecule has 31 heavy (non-hydrogen) atoms. The van der Waals surface area contributed by atoms with Crippen molar-refractivity contribution >= 4 is 22.8 Å². The zero-order chi connectivity index (χ0) is 20.9. The molecule has 1 unspecified atom stereocenters. The Morgan fingerprint density at radius 3 is 2.97 bits per heavy atom. The first-order chi connectivity index (χ1) is 15.2. The van der Waals surface area contributed by atoms with Gasteiger partial charge >= 0.3 is 0 Å². The molecular formula is C25H24N2O4. The molecule has 6 heteroatoms. The van der Waals surface area contributed by atoms with Gasteiger partial charge in [-0.05, 0) is 37.1 Å². The minimum Gasteiger partial charge on any atom is -0.478 e. The van der Waals surface area contributed by atoms with Crippen molar-refractivity contribution in [3.05, 3.63) is 65.0 Å². The minimum atomic E-state index is -0.0815. The summed E-state index contributed by atoms with van der Waals surface area (Å²) in [5.74, 6) is 1.70. The molecule has 3 aromatic rings. The van der Waals surface area contributed by atoms with Gasteiger partial charge in [0, 0.05) is 49.4 Å². The molecule has 0 spiro atoms. The lowest BCUT2D eigenvalue weighted by molar-refractivity contribution is 0.0274. The second kappa shape index (κ2) is 7.25. The Morgan fingerprint density at radius 1 is 1.19 bits per heavy atom. The van der Waals surface area contributed by atoms with Gasteiger partial charge < -0.3 is 18.8 Å². The summed E-state index contributed by atoms with van der Waals surface area (Å²) in [6, 6.07) is 11.9. The molecule has 6 nitrogen and oxygen atoms in total. The molecule has 2 aromatic carbocycles. The first-order valence-electron chi connectivity index (χ1n) is 10.8. The van der Waals surface area contributed by atoms with Crippen molar-refractivity contribution in [3.63, 3.8) is 0 Å². The van der Waals surface area contributed by atoms with Crippen molar-refractivity contribution in [2.75, 3.05) is 19.9 Å². The molecule has 0 aliphatic carbocycles. The number of carbonyl (C=O) groups excluding carboxylic acids is 1. The van der Waals surface area contributed by atoms with Crippen LogP contribution in [0.25, 0.3) is 17.0 Å². The molecule has 0 amide bonds. The van der Waals surface area contributed by atoms with E-state index in [1.54, 1.807) is 0 Å². The average Bonchev–Trinajstić information content (AvgIpc) is 3.49. The number of para-hydroxylation sites is 1. The molecule has 1 saturated heterocycles. The predicted molar refractivity (Wildman–Crippen MR) is 117 cm³/mol. The van der Waals surface area contributed by atoms with Crippen LogP contribution in [-0.4, -0.2) is 41.2 Å². The van der Waals surface area contributed by atoms with Crippen molar-refractivity contribution in [1.82, 2.24) is 9.47 Å². The average molecular weight is 416 g/mol. The molecular weight excluding hydrogens is 392 g/mol. The van der Waals surface area contributed by atoms with E-state index in [9.17, 15) is 4.79 Å². The fourth-order valence-corrected chi connectivity index (χ4v) is 4.83. The number of carbonyl (C=O) groups is 1. The molecule has 3 aliphatic rings. The summed E-state index contributed by atoms with van der Waals surface area (Å²) in [6.45, 7) is 2.88. The van der Waals surface area contributed by atoms with Crippen LogP contribution in [-0.2, 0) is 18.3 Å². The monoisotopic (exact) mass is 416 g/mol. The van der Waals surface area contributed by atoms with Crippen LogP contribution in [0.15, 0.2) is 48.4 Å². The van der Waals surface area contributed by atoms with Gasteiger partial charge in [0.15, 0.2) is 5.76 Å². The number of ether oxygens (including phenoxy) is 3. The Labute approximate surface area is 180 Å². The van der Waals surface area contributed by atoms with E-state index in [-0.39, 0.29) is 11.9 Å². The Hall–Kier alpha value is -3.09. The van der Waals surface area contributed by atoms with E-state index in [4.69, 9.17) is 14.2 Å². The smallest absolute Gasteiger partial charge is 0.231 e. The zero-order valence-electron chi connectivity index (χ0n) is 17.5. The maximum absolute atomic E-state index is 13.1. The van der Waals surface area contributed by atoms with Gasteiger partial charge in [0.2, 0.25) is 5.78 Å². The van der Waals surface area contributed by atoms with Crippen LogP contribution in [0, 0.1) is 0 Å². The van der Waals surface area contributed by atoms with E-state index in [2.05, 4.69) is 21.6 Å². The number of allylic oxidation sites excluding steroid dienone is 1. The van der Waals surface area contributed by atoms with Gasteiger partial charge in [-0.2, -0.15) is 0 Å². The summed E-state index contributed by atoms with van der Waals surface area (Å²) in [5.41, 5.74) is 3.64. The van der Waals surface area contributed by atoms with Gasteiger partial charge in [-0.3, -0.25) is 9.69 Å². The van der Waals surface area contributed by atoms with Crippen LogP contribution in [0.5, 0.6) is 11.5 Å². The van der Waals surface area contributed by atoms with Crippen LogP contribution >= 0.6 is 0 Å². The summed E-state index contributed by atoms with van der Waals surface area (Å²) >= 11 is 0. The van der Waals surface area contributed by atoms with Crippen LogP contribution in [0.3, 0.4) is 0 Å². The van der Waals surface area contributed by atoms with Crippen LogP contribution in [0.1, 0.15) is 34.3 Å². The van der Waals surface area contributed by atoms with Gasteiger partial charge in [0.1, 0.15) is 18.2 Å². The number of aryl methyl sites for hydroxylation is 1. The van der Waals surface area contributed by atoms with Crippen molar-refractivity contribution < 1.29 is 19.0 Å². The van der Waals surface area contributed by atoms with Gasteiger partial charge in [0.25, 0.3) is 0 Å². The normalized spacial score (nSPS) is 21.9. The molecule has 0 radical (unpaired) electrons. The highest BCUT2D eigenvalue weighted by molar-refractivity contribution is 6.15. The Kier molecular flexibility index (Phi) is 4.37. The third-order valence-corrected chi connectivity index (χ3v) is 6.38. The van der Waals surface area contributed by atoms with E-state index in [0.717, 1.165) is 53.8 Å². The number of Topliss-reactive ketones (excluding diaryl/α,β-unsaturated/α-hetero) is 1. The van der Waals surface area contributed by atoms with Crippen LogP contribution in [0.4, 0.5) is 0 Å². The molecule has 1 atom stereocenters. The predicted octanol–water partition coefficient (Wildman–Crippen LogP) is 4.13. The topological polar surface area (TPSA) is 52.9 Å². The zero-order valence-corrected chi connectivity index (χ0v) is 17.5. The summed E-state index contributed by atoms with van der Waals surface area (Å²) in [7, 11) is 2.01. The number of nitrogens with zero attached hydrogens (tertiary/aromatic N) is 2. The highest BCUT2D eigenvalue weighted by Gasteiger charge is 2.34.